The Morgan fingerprint density at radius 1 is 0.912 bits per heavy atom. The van der Waals surface area contributed by atoms with E-state index in [0.717, 1.165) is 0 Å². The second-order valence-corrected chi connectivity index (χ2v) is 7.58. The van der Waals surface area contributed by atoms with Crippen LogP contribution in [0.15, 0.2) is 60.7 Å². The lowest BCUT2D eigenvalue weighted by Crippen LogP contribution is -2.64. The largest absolute Gasteiger partial charge is 0.459 e. The highest BCUT2D eigenvalue weighted by Crippen LogP contribution is 2.25. The molecule has 0 saturated carbocycles. The molecule has 0 radical (unpaired) electrons. The Labute approximate surface area is 197 Å². The molecule has 0 amide bonds. The molecule has 1 heterocycles. The molecule has 1 aliphatic heterocycles. The quantitative estimate of drug-likeness (QED) is 0.309. The standard InChI is InChI=1S/C24H30N2O8/c25-11-12-30-13-14-31-24-19(26)21(34-23(29)17-9-5-2-6-10-17)20(27)18(33-24)15-32-22(28)16-7-3-1-4-8-16/h1-10,18-21,24,27H,11-15,25-26H2. The highest BCUT2D eigenvalue weighted by molar-refractivity contribution is 5.89. The van der Waals surface area contributed by atoms with Crippen molar-refractivity contribution in [3.05, 3.63) is 71.8 Å². The summed E-state index contributed by atoms with van der Waals surface area (Å²) in [5.74, 6) is -1.25. The number of esters is 2. The predicted molar refractivity (Wildman–Crippen MR) is 121 cm³/mol. The van der Waals surface area contributed by atoms with Gasteiger partial charge in [-0.15, -0.1) is 0 Å². The summed E-state index contributed by atoms with van der Waals surface area (Å²) in [5, 5.41) is 10.9. The lowest BCUT2D eigenvalue weighted by molar-refractivity contribution is -0.267. The molecular formula is C24H30N2O8. The number of ether oxygens (including phenoxy) is 5. The van der Waals surface area contributed by atoms with Gasteiger partial charge in [0.2, 0.25) is 0 Å². The minimum atomic E-state index is -1.36. The second kappa shape index (κ2) is 13.1. The summed E-state index contributed by atoms with van der Waals surface area (Å²) in [4.78, 5) is 24.9. The number of aliphatic hydroxyl groups is 1. The number of aliphatic hydroxyl groups excluding tert-OH is 1. The fraction of sp³-hybridized carbons (Fsp3) is 0.417. The summed E-state index contributed by atoms with van der Waals surface area (Å²) in [5.41, 5.74) is 12.3. The van der Waals surface area contributed by atoms with Crippen molar-refractivity contribution in [3.8, 4) is 0 Å². The molecule has 0 bridgehead atoms. The van der Waals surface area contributed by atoms with E-state index in [2.05, 4.69) is 0 Å². The minimum Gasteiger partial charge on any atom is -0.459 e. The molecule has 184 valence electrons. The number of rotatable bonds is 11. The van der Waals surface area contributed by atoms with Gasteiger partial charge in [-0.05, 0) is 24.3 Å². The van der Waals surface area contributed by atoms with Gasteiger partial charge in [0.15, 0.2) is 12.4 Å². The van der Waals surface area contributed by atoms with E-state index in [0.29, 0.717) is 24.3 Å². The average Bonchev–Trinajstić information content (AvgIpc) is 2.87. The maximum Gasteiger partial charge on any atom is 0.338 e. The summed E-state index contributed by atoms with van der Waals surface area (Å²) in [6.07, 6.45) is -4.62. The fourth-order valence-electron chi connectivity index (χ4n) is 3.36. The molecule has 1 fully saturated rings. The molecule has 5 N–H and O–H groups in total. The van der Waals surface area contributed by atoms with E-state index in [1.54, 1.807) is 60.7 Å². The van der Waals surface area contributed by atoms with Crippen molar-refractivity contribution in [1.29, 1.82) is 0 Å². The van der Waals surface area contributed by atoms with Crippen LogP contribution in [0, 0.1) is 0 Å². The summed E-state index contributed by atoms with van der Waals surface area (Å²) < 4.78 is 27.6. The van der Waals surface area contributed by atoms with Crippen molar-refractivity contribution in [1.82, 2.24) is 0 Å². The SMILES string of the molecule is NCCOCCOC1OC(COC(=O)c2ccccc2)C(O)C(OC(=O)c2ccccc2)C1N. The zero-order valence-electron chi connectivity index (χ0n) is 18.7. The molecular weight excluding hydrogens is 444 g/mol. The molecule has 0 aliphatic carbocycles. The van der Waals surface area contributed by atoms with Gasteiger partial charge >= 0.3 is 11.9 Å². The van der Waals surface area contributed by atoms with Crippen LogP contribution in [0.3, 0.4) is 0 Å². The highest BCUT2D eigenvalue weighted by Gasteiger charge is 2.47. The Morgan fingerprint density at radius 2 is 1.53 bits per heavy atom. The third kappa shape index (κ3) is 7.07. The van der Waals surface area contributed by atoms with Crippen LogP contribution in [0.5, 0.6) is 0 Å². The van der Waals surface area contributed by atoms with Crippen molar-refractivity contribution < 1.29 is 38.4 Å². The average molecular weight is 475 g/mol. The molecule has 1 aliphatic rings. The van der Waals surface area contributed by atoms with Crippen LogP contribution in [0.2, 0.25) is 0 Å². The van der Waals surface area contributed by atoms with Crippen LogP contribution >= 0.6 is 0 Å². The van der Waals surface area contributed by atoms with Gasteiger partial charge in [0.05, 0.1) is 37.0 Å². The minimum absolute atomic E-state index is 0.129. The molecule has 0 spiro atoms. The van der Waals surface area contributed by atoms with Gasteiger partial charge in [0.25, 0.3) is 0 Å². The highest BCUT2D eigenvalue weighted by atomic mass is 16.7. The number of nitrogens with two attached hydrogens (primary N) is 2. The summed E-state index contributed by atoms with van der Waals surface area (Å²) in [6.45, 7) is 0.816. The number of carbonyl (C=O) groups excluding carboxylic acids is 2. The third-order valence-electron chi connectivity index (χ3n) is 5.13. The van der Waals surface area contributed by atoms with Crippen LogP contribution in [-0.2, 0) is 23.7 Å². The predicted octanol–water partition coefficient (Wildman–Crippen LogP) is 0.474. The topological polar surface area (TPSA) is 153 Å². The zero-order valence-corrected chi connectivity index (χ0v) is 18.7. The van der Waals surface area contributed by atoms with Crippen molar-refractivity contribution in [2.45, 2.75) is 30.6 Å². The molecule has 1 saturated heterocycles. The zero-order chi connectivity index (χ0) is 24.3. The van der Waals surface area contributed by atoms with E-state index in [1.165, 1.54) is 0 Å². The number of carbonyl (C=O) groups is 2. The Balaban J connectivity index is 1.68. The second-order valence-electron chi connectivity index (χ2n) is 7.58. The molecule has 34 heavy (non-hydrogen) atoms. The first-order valence-corrected chi connectivity index (χ1v) is 11.0. The molecule has 2 aromatic rings. The van der Waals surface area contributed by atoms with Gasteiger partial charge in [0, 0.05) is 6.54 Å². The van der Waals surface area contributed by atoms with Crippen molar-refractivity contribution in [2.24, 2.45) is 11.5 Å². The van der Waals surface area contributed by atoms with Crippen molar-refractivity contribution in [2.75, 3.05) is 33.0 Å². The first kappa shape index (κ1) is 25.8. The Kier molecular flexibility index (Phi) is 9.95. The van der Waals surface area contributed by atoms with Crippen LogP contribution in [0.4, 0.5) is 0 Å². The molecule has 3 rings (SSSR count). The molecule has 2 aromatic carbocycles. The monoisotopic (exact) mass is 474 g/mol. The van der Waals surface area contributed by atoms with E-state index >= 15 is 0 Å². The Hall–Kier alpha value is -2.86. The van der Waals surface area contributed by atoms with Crippen molar-refractivity contribution >= 4 is 11.9 Å². The summed E-state index contributed by atoms with van der Waals surface area (Å²) >= 11 is 0. The van der Waals surface area contributed by atoms with Crippen molar-refractivity contribution in [3.63, 3.8) is 0 Å². The van der Waals surface area contributed by atoms with E-state index in [1.807, 2.05) is 0 Å². The summed E-state index contributed by atoms with van der Waals surface area (Å²) in [7, 11) is 0. The number of hydrogen-bond acceptors (Lipinski definition) is 10. The molecule has 10 nitrogen and oxygen atoms in total. The van der Waals surface area contributed by atoms with Crippen LogP contribution < -0.4 is 11.5 Å². The van der Waals surface area contributed by atoms with Crippen LogP contribution in [-0.4, -0.2) is 80.7 Å². The maximum atomic E-state index is 12.6. The van der Waals surface area contributed by atoms with Gasteiger partial charge in [-0.1, -0.05) is 36.4 Å². The van der Waals surface area contributed by atoms with E-state index in [9.17, 15) is 14.7 Å². The van der Waals surface area contributed by atoms with Crippen LogP contribution in [0.1, 0.15) is 20.7 Å². The fourth-order valence-corrected chi connectivity index (χ4v) is 3.36. The third-order valence-corrected chi connectivity index (χ3v) is 5.13. The number of benzene rings is 2. The summed E-state index contributed by atoms with van der Waals surface area (Å²) in [6, 6.07) is 15.7. The van der Waals surface area contributed by atoms with Gasteiger partial charge < -0.3 is 40.3 Å². The molecule has 10 heteroatoms. The number of hydrogen-bond donors (Lipinski definition) is 3. The normalized spacial score (nSPS) is 24.4. The molecule has 5 atom stereocenters. The van der Waals surface area contributed by atoms with Gasteiger partial charge in [0.1, 0.15) is 18.8 Å². The smallest absolute Gasteiger partial charge is 0.338 e. The van der Waals surface area contributed by atoms with Gasteiger partial charge in [-0.2, -0.15) is 0 Å². The van der Waals surface area contributed by atoms with E-state index in [-0.39, 0.29) is 19.8 Å². The van der Waals surface area contributed by atoms with E-state index in [4.69, 9.17) is 35.2 Å². The lowest BCUT2D eigenvalue weighted by atomic mass is 9.97. The maximum absolute atomic E-state index is 12.6. The van der Waals surface area contributed by atoms with Crippen LogP contribution in [0.25, 0.3) is 0 Å². The van der Waals surface area contributed by atoms with Gasteiger partial charge in [-0.3, -0.25) is 0 Å². The Bertz CT molecular complexity index is 898. The molecule has 5 unspecified atom stereocenters. The first-order valence-electron chi connectivity index (χ1n) is 11.0. The molecule has 0 aromatic heterocycles. The Morgan fingerprint density at radius 3 is 2.15 bits per heavy atom. The van der Waals surface area contributed by atoms with E-state index < -0.39 is 42.6 Å². The van der Waals surface area contributed by atoms with Gasteiger partial charge in [-0.25, -0.2) is 9.59 Å². The lowest BCUT2D eigenvalue weighted by Gasteiger charge is -2.42. The first-order chi connectivity index (χ1) is 16.5.